The maximum Gasteiger partial charge on any atom is 0.417 e. The maximum atomic E-state index is 12.8. The fourth-order valence-corrected chi connectivity index (χ4v) is 2.23. The Morgan fingerprint density at radius 1 is 1.35 bits per heavy atom. The van der Waals surface area contributed by atoms with Gasteiger partial charge < -0.3 is 5.32 Å². The van der Waals surface area contributed by atoms with Crippen LogP contribution in [-0.2, 0) is 12.7 Å². The van der Waals surface area contributed by atoms with Gasteiger partial charge in [0.15, 0.2) is 0 Å². The van der Waals surface area contributed by atoms with Crippen molar-refractivity contribution in [3.05, 3.63) is 29.3 Å². The van der Waals surface area contributed by atoms with E-state index >= 15 is 0 Å². The molecule has 0 radical (unpaired) electrons. The molecule has 0 bridgehead atoms. The van der Waals surface area contributed by atoms with Gasteiger partial charge in [-0.2, -0.15) is 13.2 Å². The highest BCUT2D eigenvalue weighted by molar-refractivity contribution is 7.98. The fraction of sp³-hybridized carbons (Fsp3) is 0.500. The van der Waals surface area contributed by atoms with E-state index in [0.717, 1.165) is 24.6 Å². The smallest absolute Gasteiger partial charge is 0.310 e. The fourth-order valence-electron chi connectivity index (χ4n) is 1.64. The van der Waals surface area contributed by atoms with Crippen molar-refractivity contribution in [1.29, 1.82) is 0 Å². The second kappa shape index (κ2) is 4.90. The average molecular weight is 261 g/mol. The van der Waals surface area contributed by atoms with Crippen molar-refractivity contribution >= 4 is 11.8 Å². The quantitative estimate of drug-likeness (QED) is 0.830. The maximum absolute atomic E-state index is 12.8. The van der Waals surface area contributed by atoms with Crippen molar-refractivity contribution in [3.63, 3.8) is 0 Å². The molecular weight excluding hydrogens is 247 g/mol. The van der Waals surface area contributed by atoms with E-state index in [-0.39, 0.29) is 4.90 Å². The number of halogens is 3. The molecule has 0 aliphatic heterocycles. The molecule has 0 amide bonds. The molecule has 1 saturated carbocycles. The van der Waals surface area contributed by atoms with E-state index in [9.17, 15) is 13.2 Å². The normalized spacial score (nSPS) is 16.2. The van der Waals surface area contributed by atoms with E-state index in [1.165, 1.54) is 6.07 Å². The highest BCUT2D eigenvalue weighted by atomic mass is 32.2. The van der Waals surface area contributed by atoms with E-state index in [4.69, 9.17) is 0 Å². The third-order valence-electron chi connectivity index (χ3n) is 2.74. The first-order valence-corrected chi connectivity index (χ1v) is 6.70. The predicted octanol–water partition coefficient (Wildman–Crippen LogP) is 3.68. The highest BCUT2D eigenvalue weighted by Crippen LogP contribution is 2.36. The van der Waals surface area contributed by atoms with Gasteiger partial charge in [0.2, 0.25) is 0 Å². The van der Waals surface area contributed by atoms with Crippen LogP contribution in [0.3, 0.4) is 0 Å². The first-order valence-electron chi connectivity index (χ1n) is 5.48. The minimum Gasteiger partial charge on any atom is -0.310 e. The highest BCUT2D eigenvalue weighted by Gasteiger charge is 2.33. The van der Waals surface area contributed by atoms with E-state index in [1.807, 2.05) is 0 Å². The number of hydrogen-bond acceptors (Lipinski definition) is 2. The molecule has 0 saturated heterocycles. The van der Waals surface area contributed by atoms with Crippen molar-refractivity contribution in [2.75, 3.05) is 6.26 Å². The molecule has 1 aliphatic rings. The molecule has 17 heavy (non-hydrogen) atoms. The zero-order chi connectivity index (χ0) is 12.5. The second-order valence-electron chi connectivity index (χ2n) is 4.19. The molecule has 0 heterocycles. The molecule has 1 nitrogen and oxygen atoms in total. The van der Waals surface area contributed by atoms with Gasteiger partial charge in [0, 0.05) is 17.5 Å². The van der Waals surface area contributed by atoms with Crippen LogP contribution in [0.1, 0.15) is 24.0 Å². The summed E-state index contributed by atoms with van der Waals surface area (Å²) in [5, 5.41) is 3.21. The molecule has 0 spiro atoms. The van der Waals surface area contributed by atoms with E-state index < -0.39 is 11.7 Å². The molecule has 0 unspecified atom stereocenters. The molecule has 1 aromatic rings. The molecule has 5 heteroatoms. The summed E-state index contributed by atoms with van der Waals surface area (Å²) in [5.74, 6) is 0. The van der Waals surface area contributed by atoms with Crippen LogP contribution in [0.15, 0.2) is 23.1 Å². The van der Waals surface area contributed by atoms with Gasteiger partial charge in [0.05, 0.1) is 5.56 Å². The zero-order valence-electron chi connectivity index (χ0n) is 9.47. The lowest BCUT2D eigenvalue weighted by atomic mass is 10.1. The zero-order valence-corrected chi connectivity index (χ0v) is 10.3. The second-order valence-corrected chi connectivity index (χ2v) is 5.04. The van der Waals surface area contributed by atoms with Gasteiger partial charge in [-0.1, -0.05) is 6.07 Å². The summed E-state index contributed by atoms with van der Waals surface area (Å²) < 4.78 is 38.4. The lowest BCUT2D eigenvalue weighted by molar-refractivity contribution is -0.139. The number of benzene rings is 1. The number of rotatable bonds is 4. The van der Waals surface area contributed by atoms with Gasteiger partial charge in [0.1, 0.15) is 0 Å². The van der Waals surface area contributed by atoms with Crippen molar-refractivity contribution in [2.45, 2.75) is 36.5 Å². The lowest BCUT2D eigenvalue weighted by Crippen LogP contribution is -2.16. The van der Waals surface area contributed by atoms with Crippen LogP contribution in [0.5, 0.6) is 0 Å². The van der Waals surface area contributed by atoms with Crippen molar-refractivity contribution in [1.82, 2.24) is 5.32 Å². The third kappa shape index (κ3) is 3.39. The molecule has 0 aromatic heterocycles. The minimum absolute atomic E-state index is 0.285. The largest absolute Gasteiger partial charge is 0.417 e. The van der Waals surface area contributed by atoms with E-state index in [1.54, 1.807) is 18.4 Å². The van der Waals surface area contributed by atoms with Crippen LogP contribution >= 0.6 is 11.8 Å². The van der Waals surface area contributed by atoms with Crippen molar-refractivity contribution in [2.24, 2.45) is 0 Å². The molecule has 1 aliphatic carbocycles. The van der Waals surface area contributed by atoms with Crippen LogP contribution in [0, 0.1) is 0 Å². The van der Waals surface area contributed by atoms with Gasteiger partial charge in [-0.05, 0) is 36.8 Å². The molecule has 0 atom stereocenters. The van der Waals surface area contributed by atoms with E-state index in [0.29, 0.717) is 18.2 Å². The van der Waals surface area contributed by atoms with Crippen LogP contribution < -0.4 is 5.32 Å². The first-order chi connectivity index (χ1) is 8.00. The van der Waals surface area contributed by atoms with E-state index in [2.05, 4.69) is 5.32 Å². The first kappa shape index (κ1) is 12.8. The summed E-state index contributed by atoms with van der Waals surface area (Å²) in [7, 11) is 0. The van der Waals surface area contributed by atoms with Crippen LogP contribution in [-0.4, -0.2) is 12.3 Å². The van der Waals surface area contributed by atoms with Gasteiger partial charge in [-0.25, -0.2) is 0 Å². The predicted molar refractivity (Wildman–Crippen MR) is 63.1 cm³/mol. The molecule has 94 valence electrons. The molecule has 1 N–H and O–H groups in total. The Morgan fingerprint density at radius 3 is 2.59 bits per heavy atom. The van der Waals surface area contributed by atoms with Gasteiger partial charge in [-0.15, -0.1) is 11.8 Å². The monoisotopic (exact) mass is 261 g/mol. The summed E-state index contributed by atoms with van der Waals surface area (Å²) in [5.41, 5.74) is 0.169. The summed E-state index contributed by atoms with van der Waals surface area (Å²) in [6, 6.07) is 5.07. The Labute approximate surface area is 103 Å². The minimum atomic E-state index is -4.27. The summed E-state index contributed by atoms with van der Waals surface area (Å²) in [4.78, 5) is 0.285. The van der Waals surface area contributed by atoms with Crippen molar-refractivity contribution < 1.29 is 13.2 Å². The topological polar surface area (TPSA) is 12.0 Å². The van der Waals surface area contributed by atoms with Crippen molar-refractivity contribution in [3.8, 4) is 0 Å². The Bertz CT molecular complexity index is 399. The van der Waals surface area contributed by atoms with Crippen LogP contribution in [0.4, 0.5) is 13.2 Å². The lowest BCUT2D eigenvalue weighted by Gasteiger charge is -2.13. The van der Waals surface area contributed by atoms with Gasteiger partial charge in [-0.3, -0.25) is 0 Å². The van der Waals surface area contributed by atoms with Crippen LogP contribution in [0.2, 0.25) is 0 Å². The van der Waals surface area contributed by atoms with Gasteiger partial charge in [0.25, 0.3) is 0 Å². The Hall–Kier alpha value is -0.680. The number of alkyl halides is 3. The summed E-state index contributed by atoms with van der Waals surface area (Å²) >= 11 is 1.13. The summed E-state index contributed by atoms with van der Waals surface area (Å²) in [6.45, 7) is 0.516. The Morgan fingerprint density at radius 2 is 2.06 bits per heavy atom. The van der Waals surface area contributed by atoms with Gasteiger partial charge >= 0.3 is 6.18 Å². The number of hydrogen-bond donors (Lipinski definition) is 1. The molecule has 1 aromatic carbocycles. The molecular formula is C12H14F3NS. The molecule has 2 rings (SSSR count). The summed E-state index contributed by atoms with van der Waals surface area (Å²) in [6.07, 6.45) is -0.343. The average Bonchev–Trinajstić information content (AvgIpc) is 3.08. The Kier molecular flexibility index (Phi) is 3.68. The Balaban J connectivity index is 2.17. The number of thioether (sulfide) groups is 1. The SMILES string of the molecule is CSc1ccc(CNC2CC2)cc1C(F)(F)F. The molecule has 1 fully saturated rings. The standard InChI is InChI=1S/C12H14F3NS/c1-17-11-5-2-8(7-16-9-3-4-9)6-10(11)12(13,14)15/h2,5-6,9,16H,3-4,7H2,1H3. The third-order valence-corrected chi connectivity index (χ3v) is 3.54. The van der Waals surface area contributed by atoms with Crippen LogP contribution in [0.25, 0.3) is 0 Å². The number of nitrogens with one attached hydrogen (secondary N) is 1.